The summed E-state index contributed by atoms with van der Waals surface area (Å²) in [6.45, 7) is 0. The van der Waals surface area contributed by atoms with Gasteiger partial charge in [-0.15, -0.1) is 22.7 Å². The van der Waals surface area contributed by atoms with Crippen LogP contribution in [-0.4, -0.2) is 0 Å². The Hall–Kier alpha value is -5.22. The average Bonchev–Trinajstić information content (AvgIpc) is 3.66. The minimum absolute atomic E-state index is 1.13. The Labute approximate surface area is 269 Å². The minimum Gasteiger partial charge on any atom is -0.310 e. The highest BCUT2D eigenvalue weighted by atomic mass is 32.1. The highest BCUT2D eigenvalue weighted by molar-refractivity contribution is 7.26. The number of hydrogen-bond donors (Lipinski definition) is 0. The number of anilines is 3. The molecule has 0 spiro atoms. The predicted molar refractivity (Wildman–Crippen MR) is 198 cm³/mol. The van der Waals surface area contributed by atoms with Crippen molar-refractivity contribution in [3.8, 4) is 22.3 Å². The van der Waals surface area contributed by atoms with Gasteiger partial charge in [0.05, 0.1) is 5.69 Å². The van der Waals surface area contributed by atoms with Crippen molar-refractivity contribution < 1.29 is 0 Å². The average molecular weight is 610 g/mol. The lowest BCUT2D eigenvalue weighted by atomic mass is 9.98. The summed E-state index contributed by atoms with van der Waals surface area (Å²) in [5.74, 6) is 0. The van der Waals surface area contributed by atoms with Crippen LogP contribution in [0.25, 0.3) is 62.6 Å². The number of hydrogen-bond acceptors (Lipinski definition) is 3. The van der Waals surface area contributed by atoms with Gasteiger partial charge in [-0.05, 0) is 65.2 Å². The van der Waals surface area contributed by atoms with Gasteiger partial charge in [0.2, 0.25) is 0 Å². The second kappa shape index (κ2) is 10.7. The fourth-order valence-corrected chi connectivity index (χ4v) is 8.77. The Kier molecular flexibility index (Phi) is 6.26. The van der Waals surface area contributed by atoms with E-state index in [1.54, 1.807) is 0 Å². The van der Waals surface area contributed by atoms with Crippen LogP contribution in [0.1, 0.15) is 0 Å². The van der Waals surface area contributed by atoms with Gasteiger partial charge in [-0.25, -0.2) is 0 Å². The monoisotopic (exact) mass is 609 g/mol. The lowest BCUT2D eigenvalue weighted by molar-refractivity contribution is 1.30. The molecule has 1 nitrogen and oxygen atoms in total. The summed E-state index contributed by atoms with van der Waals surface area (Å²) in [6.07, 6.45) is 0. The molecule has 3 heteroatoms. The molecule has 7 aromatic carbocycles. The summed E-state index contributed by atoms with van der Waals surface area (Å²) in [6, 6.07) is 59.7. The molecule has 0 unspecified atom stereocenters. The standard InChI is InChI=1S/C42H27NS2/c1-3-11-28(12-4-1)29-19-21-31(22-20-29)43(32-23-24-35-33-15-7-9-17-39(33)44-41(35)25-32)38-27-42-37(34-16-8-10-18-40(34)45-42)26-36(38)30-13-5-2-6-14-30/h1-27H. The first-order valence-electron chi connectivity index (χ1n) is 15.2. The van der Waals surface area contributed by atoms with E-state index in [9.17, 15) is 0 Å². The third-order valence-electron chi connectivity index (χ3n) is 8.67. The van der Waals surface area contributed by atoms with Crippen LogP contribution in [0.5, 0.6) is 0 Å². The number of thiophene rings is 2. The van der Waals surface area contributed by atoms with E-state index < -0.39 is 0 Å². The molecule has 9 aromatic rings. The second-order valence-electron chi connectivity index (χ2n) is 11.4. The molecule has 0 bridgehead atoms. The van der Waals surface area contributed by atoms with Crippen LogP contribution in [-0.2, 0) is 0 Å². The molecule has 0 saturated carbocycles. The Balaban J connectivity index is 1.31. The topological polar surface area (TPSA) is 3.24 Å². The maximum Gasteiger partial charge on any atom is 0.0554 e. The highest BCUT2D eigenvalue weighted by Crippen LogP contribution is 2.47. The first-order valence-corrected chi connectivity index (χ1v) is 16.8. The molecule has 212 valence electrons. The lowest BCUT2D eigenvalue weighted by Crippen LogP contribution is -2.11. The predicted octanol–water partition coefficient (Wildman–Crippen LogP) is 13.2. The Bertz CT molecular complexity index is 2470. The van der Waals surface area contributed by atoms with Crippen LogP contribution >= 0.6 is 22.7 Å². The first-order chi connectivity index (χ1) is 22.3. The third-order valence-corrected chi connectivity index (χ3v) is 10.9. The zero-order valence-electron chi connectivity index (χ0n) is 24.4. The molecule has 0 fully saturated rings. The summed E-state index contributed by atoms with van der Waals surface area (Å²) < 4.78 is 5.22. The van der Waals surface area contributed by atoms with Crippen molar-refractivity contribution in [3.05, 3.63) is 164 Å². The highest BCUT2D eigenvalue weighted by Gasteiger charge is 2.21. The molecule has 0 aliphatic heterocycles. The number of benzene rings is 7. The van der Waals surface area contributed by atoms with E-state index in [1.807, 2.05) is 22.7 Å². The van der Waals surface area contributed by atoms with Crippen molar-refractivity contribution in [3.63, 3.8) is 0 Å². The summed E-state index contributed by atoms with van der Waals surface area (Å²) in [7, 11) is 0. The minimum atomic E-state index is 1.13. The van der Waals surface area contributed by atoms with Crippen LogP contribution in [0.4, 0.5) is 17.1 Å². The van der Waals surface area contributed by atoms with Gasteiger partial charge in [0.15, 0.2) is 0 Å². The van der Waals surface area contributed by atoms with Gasteiger partial charge in [-0.3, -0.25) is 0 Å². The third kappa shape index (κ3) is 4.52. The summed E-state index contributed by atoms with van der Waals surface area (Å²) in [5, 5.41) is 5.24. The molecule has 0 atom stereocenters. The van der Waals surface area contributed by atoms with Crippen molar-refractivity contribution in [2.75, 3.05) is 4.90 Å². The fraction of sp³-hybridized carbons (Fsp3) is 0. The van der Waals surface area contributed by atoms with Crippen LogP contribution in [0.3, 0.4) is 0 Å². The molecule has 0 aliphatic carbocycles. The molecule has 2 heterocycles. The number of rotatable bonds is 5. The van der Waals surface area contributed by atoms with Gasteiger partial charge in [0.1, 0.15) is 0 Å². The van der Waals surface area contributed by atoms with Gasteiger partial charge in [0, 0.05) is 57.3 Å². The summed E-state index contributed by atoms with van der Waals surface area (Å²) in [5.41, 5.74) is 8.32. The summed E-state index contributed by atoms with van der Waals surface area (Å²) in [4.78, 5) is 2.45. The van der Waals surface area contributed by atoms with Crippen LogP contribution in [0.2, 0.25) is 0 Å². The molecule has 0 saturated heterocycles. The molecular formula is C42H27NS2. The number of nitrogens with zero attached hydrogens (tertiary/aromatic N) is 1. The van der Waals surface area contributed by atoms with E-state index in [2.05, 4.69) is 169 Å². The van der Waals surface area contributed by atoms with Crippen molar-refractivity contribution in [2.24, 2.45) is 0 Å². The fourth-order valence-electron chi connectivity index (χ4n) is 6.51. The van der Waals surface area contributed by atoms with Crippen LogP contribution < -0.4 is 4.90 Å². The zero-order chi connectivity index (χ0) is 29.7. The van der Waals surface area contributed by atoms with E-state index >= 15 is 0 Å². The van der Waals surface area contributed by atoms with Crippen molar-refractivity contribution in [1.29, 1.82) is 0 Å². The second-order valence-corrected chi connectivity index (χ2v) is 13.5. The normalized spacial score (nSPS) is 11.6. The summed E-state index contributed by atoms with van der Waals surface area (Å²) >= 11 is 3.73. The van der Waals surface area contributed by atoms with Crippen molar-refractivity contribution >= 4 is 80.1 Å². The smallest absolute Gasteiger partial charge is 0.0554 e. The molecule has 2 aromatic heterocycles. The number of fused-ring (bicyclic) bond motifs is 6. The first kappa shape index (κ1) is 26.2. The Morgan fingerprint density at radius 3 is 1.53 bits per heavy atom. The van der Waals surface area contributed by atoms with Crippen molar-refractivity contribution in [1.82, 2.24) is 0 Å². The molecule has 0 N–H and O–H groups in total. The van der Waals surface area contributed by atoms with E-state index in [4.69, 9.17) is 0 Å². The van der Waals surface area contributed by atoms with E-state index in [1.165, 1.54) is 68.3 Å². The molecule has 45 heavy (non-hydrogen) atoms. The Morgan fingerprint density at radius 1 is 0.333 bits per heavy atom. The molecule has 0 aliphatic rings. The van der Waals surface area contributed by atoms with Gasteiger partial charge >= 0.3 is 0 Å². The van der Waals surface area contributed by atoms with E-state index in [-0.39, 0.29) is 0 Å². The van der Waals surface area contributed by atoms with Crippen molar-refractivity contribution in [2.45, 2.75) is 0 Å². The largest absolute Gasteiger partial charge is 0.310 e. The van der Waals surface area contributed by atoms with Gasteiger partial charge in [-0.2, -0.15) is 0 Å². The quantitative estimate of drug-likeness (QED) is 0.188. The van der Waals surface area contributed by atoms with E-state index in [0.29, 0.717) is 0 Å². The molecular weight excluding hydrogens is 583 g/mol. The molecule has 0 radical (unpaired) electrons. The molecule has 0 amide bonds. The van der Waals surface area contributed by atoms with Gasteiger partial charge < -0.3 is 4.90 Å². The maximum atomic E-state index is 2.45. The SMILES string of the molecule is c1ccc(-c2ccc(N(c3ccc4c(c3)sc3ccccc34)c3cc4sc5ccccc5c4cc3-c3ccccc3)cc2)cc1. The molecule has 9 rings (SSSR count). The Morgan fingerprint density at radius 2 is 0.844 bits per heavy atom. The van der Waals surface area contributed by atoms with Crippen LogP contribution in [0, 0.1) is 0 Å². The van der Waals surface area contributed by atoms with E-state index in [0.717, 1.165) is 11.4 Å². The van der Waals surface area contributed by atoms with Crippen LogP contribution in [0.15, 0.2) is 164 Å². The lowest BCUT2D eigenvalue weighted by Gasteiger charge is -2.28. The van der Waals surface area contributed by atoms with Gasteiger partial charge in [0.25, 0.3) is 0 Å². The maximum absolute atomic E-state index is 2.45. The van der Waals surface area contributed by atoms with Gasteiger partial charge in [-0.1, -0.05) is 115 Å². The zero-order valence-corrected chi connectivity index (χ0v) is 26.0.